The highest BCUT2D eigenvalue weighted by molar-refractivity contribution is 5.20. The maximum atomic E-state index is 5.84. The molecule has 1 atom stereocenters. The van der Waals surface area contributed by atoms with Crippen molar-refractivity contribution < 1.29 is 0 Å². The predicted molar refractivity (Wildman–Crippen MR) is 73.1 cm³/mol. The van der Waals surface area contributed by atoms with Crippen LogP contribution in [-0.2, 0) is 0 Å². The fourth-order valence-corrected chi connectivity index (χ4v) is 2.26. The zero-order chi connectivity index (χ0) is 11.9. The molecule has 2 heteroatoms. The third-order valence-electron chi connectivity index (χ3n) is 3.61. The SMILES string of the molecule is NCC(CNCCCC1CC1)c1ccccc1. The quantitative estimate of drug-likeness (QED) is 0.676. The van der Waals surface area contributed by atoms with Gasteiger partial charge in [-0.25, -0.2) is 0 Å². The molecule has 1 aromatic carbocycles. The summed E-state index contributed by atoms with van der Waals surface area (Å²) in [6.45, 7) is 2.87. The van der Waals surface area contributed by atoms with Crippen molar-refractivity contribution in [3.8, 4) is 0 Å². The molecule has 1 aliphatic carbocycles. The van der Waals surface area contributed by atoms with E-state index in [9.17, 15) is 0 Å². The summed E-state index contributed by atoms with van der Waals surface area (Å²) in [5.74, 6) is 1.51. The number of hydrogen-bond acceptors (Lipinski definition) is 2. The molecule has 2 nitrogen and oxygen atoms in total. The van der Waals surface area contributed by atoms with E-state index in [4.69, 9.17) is 5.73 Å². The summed E-state index contributed by atoms with van der Waals surface area (Å²) in [5, 5.41) is 3.54. The van der Waals surface area contributed by atoms with E-state index in [1.165, 1.54) is 31.2 Å². The zero-order valence-electron chi connectivity index (χ0n) is 10.6. The van der Waals surface area contributed by atoms with Crippen LogP contribution in [0.1, 0.15) is 37.2 Å². The van der Waals surface area contributed by atoms with Gasteiger partial charge in [0.25, 0.3) is 0 Å². The van der Waals surface area contributed by atoms with Crippen LogP contribution in [0.15, 0.2) is 30.3 Å². The number of nitrogens with one attached hydrogen (secondary N) is 1. The topological polar surface area (TPSA) is 38.0 Å². The van der Waals surface area contributed by atoms with Crippen molar-refractivity contribution in [2.24, 2.45) is 11.7 Å². The molecule has 0 aromatic heterocycles. The van der Waals surface area contributed by atoms with E-state index >= 15 is 0 Å². The van der Waals surface area contributed by atoms with E-state index in [0.29, 0.717) is 5.92 Å². The average molecular weight is 232 g/mol. The Kier molecular flexibility index (Phi) is 5.02. The van der Waals surface area contributed by atoms with Crippen LogP contribution in [0.3, 0.4) is 0 Å². The first kappa shape index (κ1) is 12.6. The van der Waals surface area contributed by atoms with Gasteiger partial charge in [-0.1, -0.05) is 43.2 Å². The lowest BCUT2D eigenvalue weighted by Gasteiger charge is -2.16. The predicted octanol–water partition coefficient (Wildman–Crippen LogP) is 2.51. The van der Waals surface area contributed by atoms with Gasteiger partial charge in [0.2, 0.25) is 0 Å². The Morgan fingerprint density at radius 1 is 1.24 bits per heavy atom. The van der Waals surface area contributed by atoms with Crippen LogP contribution in [0.5, 0.6) is 0 Å². The molecule has 1 aromatic rings. The van der Waals surface area contributed by atoms with Crippen LogP contribution in [0.4, 0.5) is 0 Å². The Morgan fingerprint density at radius 2 is 2.00 bits per heavy atom. The summed E-state index contributed by atoms with van der Waals surface area (Å²) < 4.78 is 0. The van der Waals surface area contributed by atoms with Crippen molar-refractivity contribution in [1.29, 1.82) is 0 Å². The van der Waals surface area contributed by atoms with Gasteiger partial charge in [0.15, 0.2) is 0 Å². The molecule has 0 saturated heterocycles. The summed E-state index contributed by atoms with van der Waals surface area (Å²) in [4.78, 5) is 0. The average Bonchev–Trinajstić information content (AvgIpc) is 3.19. The van der Waals surface area contributed by atoms with Crippen molar-refractivity contribution in [2.75, 3.05) is 19.6 Å². The minimum Gasteiger partial charge on any atom is -0.330 e. The Balaban J connectivity index is 1.64. The second kappa shape index (κ2) is 6.77. The highest BCUT2D eigenvalue weighted by Crippen LogP contribution is 2.33. The third-order valence-corrected chi connectivity index (χ3v) is 3.61. The second-order valence-electron chi connectivity index (χ2n) is 5.13. The molecule has 0 spiro atoms. The van der Waals surface area contributed by atoms with E-state index in [0.717, 1.165) is 25.6 Å². The van der Waals surface area contributed by atoms with Crippen LogP contribution >= 0.6 is 0 Å². The highest BCUT2D eigenvalue weighted by atomic mass is 14.9. The van der Waals surface area contributed by atoms with Gasteiger partial charge in [0, 0.05) is 19.0 Å². The number of nitrogens with two attached hydrogens (primary N) is 1. The van der Waals surface area contributed by atoms with Crippen LogP contribution in [0.2, 0.25) is 0 Å². The van der Waals surface area contributed by atoms with Gasteiger partial charge in [0.05, 0.1) is 0 Å². The van der Waals surface area contributed by atoms with E-state index in [1.807, 2.05) is 0 Å². The lowest BCUT2D eigenvalue weighted by molar-refractivity contribution is 0.551. The van der Waals surface area contributed by atoms with Gasteiger partial charge in [-0.05, 0) is 30.9 Å². The van der Waals surface area contributed by atoms with Gasteiger partial charge >= 0.3 is 0 Å². The molecule has 1 aliphatic rings. The molecule has 0 heterocycles. The smallest absolute Gasteiger partial charge is 0.00863 e. The Morgan fingerprint density at radius 3 is 2.65 bits per heavy atom. The van der Waals surface area contributed by atoms with E-state index in [1.54, 1.807) is 0 Å². The molecule has 1 fully saturated rings. The summed E-state index contributed by atoms with van der Waals surface area (Å²) in [7, 11) is 0. The van der Waals surface area contributed by atoms with Gasteiger partial charge in [-0.3, -0.25) is 0 Å². The van der Waals surface area contributed by atoms with Crippen LogP contribution in [0, 0.1) is 5.92 Å². The first-order valence-corrected chi connectivity index (χ1v) is 6.86. The number of rotatable bonds is 8. The number of hydrogen-bond donors (Lipinski definition) is 2. The summed E-state index contributed by atoms with van der Waals surface area (Å²) >= 11 is 0. The maximum Gasteiger partial charge on any atom is 0.00863 e. The Bertz CT molecular complexity index is 306. The monoisotopic (exact) mass is 232 g/mol. The third kappa shape index (κ3) is 4.49. The van der Waals surface area contributed by atoms with Crippen molar-refractivity contribution in [3.63, 3.8) is 0 Å². The van der Waals surface area contributed by atoms with Crippen LogP contribution < -0.4 is 11.1 Å². The Labute approximate surface area is 105 Å². The van der Waals surface area contributed by atoms with Crippen LogP contribution in [0.25, 0.3) is 0 Å². The fraction of sp³-hybridized carbons (Fsp3) is 0.600. The Hall–Kier alpha value is -0.860. The molecule has 94 valence electrons. The first-order chi connectivity index (χ1) is 8.40. The highest BCUT2D eigenvalue weighted by Gasteiger charge is 2.19. The molecule has 0 radical (unpaired) electrons. The largest absolute Gasteiger partial charge is 0.330 e. The fourth-order valence-electron chi connectivity index (χ4n) is 2.26. The zero-order valence-corrected chi connectivity index (χ0v) is 10.6. The molecular weight excluding hydrogens is 208 g/mol. The van der Waals surface area contributed by atoms with Crippen molar-refractivity contribution >= 4 is 0 Å². The maximum absolute atomic E-state index is 5.84. The van der Waals surface area contributed by atoms with Gasteiger partial charge in [0.1, 0.15) is 0 Å². The summed E-state index contributed by atoms with van der Waals surface area (Å²) in [6, 6.07) is 10.6. The van der Waals surface area contributed by atoms with Gasteiger partial charge < -0.3 is 11.1 Å². The van der Waals surface area contributed by atoms with Gasteiger partial charge in [-0.15, -0.1) is 0 Å². The van der Waals surface area contributed by atoms with Crippen molar-refractivity contribution in [2.45, 2.75) is 31.6 Å². The normalized spacial score (nSPS) is 17.0. The standard InChI is InChI=1S/C15H24N2/c16-11-15(14-6-2-1-3-7-14)12-17-10-4-5-13-8-9-13/h1-3,6-7,13,15,17H,4-5,8-12,16H2. The molecule has 17 heavy (non-hydrogen) atoms. The van der Waals surface area contributed by atoms with E-state index < -0.39 is 0 Å². The molecule has 0 aliphatic heterocycles. The number of benzene rings is 1. The lowest BCUT2D eigenvalue weighted by Crippen LogP contribution is -2.27. The minimum absolute atomic E-state index is 0.456. The van der Waals surface area contributed by atoms with Crippen molar-refractivity contribution in [3.05, 3.63) is 35.9 Å². The molecule has 1 unspecified atom stereocenters. The molecular formula is C15H24N2. The summed E-state index contributed by atoms with van der Waals surface area (Å²) in [6.07, 6.45) is 5.66. The molecule has 1 saturated carbocycles. The first-order valence-electron chi connectivity index (χ1n) is 6.86. The van der Waals surface area contributed by atoms with Crippen molar-refractivity contribution in [1.82, 2.24) is 5.32 Å². The van der Waals surface area contributed by atoms with Crippen LogP contribution in [-0.4, -0.2) is 19.6 Å². The molecule has 0 bridgehead atoms. The molecule has 3 N–H and O–H groups in total. The molecule has 2 rings (SSSR count). The minimum atomic E-state index is 0.456. The van der Waals surface area contributed by atoms with E-state index in [2.05, 4.69) is 35.6 Å². The summed E-state index contributed by atoms with van der Waals surface area (Å²) in [5.41, 5.74) is 7.19. The lowest BCUT2D eigenvalue weighted by atomic mass is 9.99. The van der Waals surface area contributed by atoms with E-state index in [-0.39, 0.29) is 0 Å². The second-order valence-corrected chi connectivity index (χ2v) is 5.13. The molecule has 0 amide bonds. The van der Waals surface area contributed by atoms with Gasteiger partial charge in [-0.2, -0.15) is 0 Å².